The Kier molecular flexibility index (Phi) is 11.2. The molecule has 33 heavy (non-hydrogen) atoms. The molecular weight excluding hydrogens is 527 g/mol. The van der Waals surface area contributed by atoms with Gasteiger partial charge >= 0.3 is 0 Å². The van der Waals surface area contributed by atoms with Gasteiger partial charge in [0, 0.05) is 71.5 Å². The first-order valence-corrected chi connectivity index (χ1v) is 12.6. The first-order valence-electron chi connectivity index (χ1n) is 12.6. The van der Waals surface area contributed by atoms with E-state index in [1.807, 2.05) is 0 Å². The van der Waals surface area contributed by atoms with E-state index >= 15 is 0 Å². The summed E-state index contributed by atoms with van der Waals surface area (Å²) in [6.07, 6.45) is 1.21. The van der Waals surface area contributed by atoms with Crippen LogP contribution in [-0.4, -0.2) is 110 Å². The topological polar surface area (TPSA) is 46.6 Å². The minimum atomic E-state index is 0. The number of halogens is 1. The summed E-state index contributed by atoms with van der Waals surface area (Å²) < 4.78 is 5.52. The van der Waals surface area contributed by atoms with Crippen molar-refractivity contribution in [2.24, 2.45) is 4.99 Å². The molecule has 0 radical (unpaired) electrons. The molecule has 1 aromatic carbocycles. The number of morpholine rings is 1. The normalized spacial score (nSPS) is 23.5. The van der Waals surface area contributed by atoms with Gasteiger partial charge in [0.2, 0.25) is 0 Å². The molecule has 0 aliphatic carbocycles. The number of hydrogen-bond donors (Lipinski definition) is 1. The molecular formula is C25H43IN6O. The first-order chi connectivity index (χ1) is 15.7. The number of ether oxygens (including phenoxy) is 1. The van der Waals surface area contributed by atoms with Crippen molar-refractivity contribution in [3.63, 3.8) is 0 Å². The van der Waals surface area contributed by atoms with Crippen molar-refractivity contribution in [2.75, 3.05) is 78.7 Å². The number of benzene rings is 1. The summed E-state index contributed by atoms with van der Waals surface area (Å²) in [5.41, 5.74) is 2.69. The van der Waals surface area contributed by atoms with Crippen LogP contribution in [0.3, 0.4) is 0 Å². The highest BCUT2D eigenvalue weighted by Gasteiger charge is 2.30. The number of piperazine rings is 1. The van der Waals surface area contributed by atoms with Gasteiger partial charge in [-0.15, -0.1) is 24.0 Å². The molecule has 3 saturated heterocycles. The summed E-state index contributed by atoms with van der Waals surface area (Å²) in [4.78, 5) is 15.1. The fourth-order valence-electron chi connectivity index (χ4n) is 5.04. The van der Waals surface area contributed by atoms with Crippen LogP contribution in [-0.2, 0) is 17.8 Å². The molecule has 1 aromatic rings. The van der Waals surface area contributed by atoms with E-state index in [1.165, 1.54) is 50.3 Å². The van der Waals surface area contributed by atoms with Crippen LogP contribution < -0.4 is 5.32 Å². The largest absolute Gasteiger partial charge is 0.379 e. The molecule has 1 atom stereocenters. The van der Waals surface area contributed by atoms with E-state index in [9.17, 15) is 0 Å². The van der Waals surface area contributed by atoms with E-state index in [-0.39, 0.29) is 24.0 Å². The van der Waals surface area contributed by atoms with E-state index in [0.29, 0.717) is 6.04 Å². The second-order valence-corrected chi connectivity index (χ2v) is 9.23. The molecule has 8 heteroatoms. The molecule has 0 aromatic heterocycles. The number of likely N-dealkylation sites (tertiary alicyclic amines) is 1. The molecule has 4 rings (SSSR count). The fourth-order valence-corrected chi connectivity index (χ4v) is 5.04. The average molecular weight is 571 g/mol. The van der Waals surface area contributed by atoms with Gasteiger partial charge in [0.1, 0.15) is 0 Å². The Bertz CT molecular complexity index is 716. The summed E-state index contributed by atoms with van der Waals surface area (Å²) in [5.74, 6) is 1.06. The van der Waals surface area contributed by atoms with Crippen LogP contribution in [0, 0.1) is 0 Å². The number of nitrogens with one attached hydrogen (secondary N) is 1. The third kappa shape index (κ3) is 7.78. The van der Waals surface area contributed by atoms with Gasteiger partial charge < -0.3 is 19.9 Å². The number of nitrogens with zero attached hydrogens (tertiary/aromatic N) is 5. The lowest BCUT2D eigenvalue weighted by molar-refractivity contribution is 0.0195. The van der Waals surface area contributed by atoms with E-state index < -0.39 is 0 Å². The van der Waals surface area contributed by atoms with Gasteiger partial charge in [-0.1, -0.05) is 31.2 Å². The van der Waals surface area contributed by atoms with Crippen molar-refractivity contribution in [2.45, 2.75) is 39.4 Å². The van der Waals surface area contributed by atoms with Gasteiger partial charge in [-0.05, 0) is 31.0 Å². The highest BCUT2D eigenvalue weighted by atomic mass is 127. The molecule has 3 heterocycles. The Labute approximate surface area is 217 Å². The monoisotopic (exact) mass is 570 g/mol. The van der Waals surface area contributed by atoms with Crippen molar-refractivity contribution in [1.29, 1.82) is 0 Å². The van der Waals surface area contributed by atoms with Gasteiger partial charge in [-0.3, -0.25) is 9.80 Å². The maximum atomic E-state index is 5.52. The summed E-state index contributed by atoms with van der Waals surface area (Å²) in [6, 6.07) is 9.71. The second kappa shape index (κ2) is 13.8. The van der Waals surface area contributed by atoms with Crippen molar-refractivity contribution in [3.05, 3.63) is 35.4 Å². The Morgan fingerprint density at radius 3 is 2.27 bits per heavy atom. The van der Waals surface area contributed by atoms with Gasteiger partial charge in [-0.2, -0.15) is 0 Å². The average Bonchev–Trinajstić information content (AvgIpc) is 3.34. The molecule has 3 aliphatic rings. The molecule has 1 N–H and O–H groups in total. The van der Waals surface area contributed by atoms with Gasteiger partial charge in [0.15, 0.2) is 5.96 Å². The van der Waals surface area contributed by atoms with Gasteiger partial charge in [0.25, 0.3) is 0 Å². The van der Waals surface area contributed by atoms with E-state index in [1.54, 1.807) is 0 Å². The molecule has 7 nitrogen and oxygen atoms in total. The Hall–Kier alpha value is -0.940. The summed E-state index contributed by atoms with van der Waals surface area (Å²) in [5, 5.41) is 3.51. The fraction of sp³-hybridized carbons (Fsp3) is 0.720. The number of guanidine groups is 1. The highest BCUT2D eigenvalue weighted by molar-refractivity contribution is 14.0. The molecule has 0 bridgehead atoms. The maximum absolute atomic E-state index is 5.52. The molecule has 0 spiro atoms. The van der Waals surface area contributed by atoms with Crippen LogP contribution in [0.1, 0.15) is 31.4 Å². The zero-order valence-corrected chi connectivity index (χ0v) is 22.9. The predicted octanol–water partition coefficient (Wildman–Crippen LogP) is 2.31. The van der Waals surface area contributed by atoms with Gasteiger partial charge in [0.05, 0.1) is 19.8 Å². The van der Waals surface area contributed by atoms with Crippen LogP contribution in [0.5, 0.6) is 0 Å². The van der Waals surface area contributed by atoms with Gasteiger partial charge in [-0.25, -0.2) is 4.99 Å². The lowest BCUT2D eigenvalue weighted by Crippen LogP contribution is -2.46. The molecule has 186 valence electrons. The van der Waals surface area contributed by atoms with Crippen LogP contribution in [0.4, 0.5) is 0 Å². The predicted molar refractivity (Wildman–Crippen MR) is 146 cm³/mol. The van der Waals surface area contributed by atoms with Crippen LogP contribution in [0.2, 0.25) is 0 Å². The third-order valence-electron chi connectivity index (χ3n) is 7.11. The molecule has 0 amide bonds. The quantitative estimate of drug-likeness (QED) is 0.309. The second-order valence-electron chi connectivity index (χ2n) is 9.23. The van der Waals surface area contributed by atoms with Crippen LogP contribution in [0.25, 0.3) is 0 Å². The highest BCUT2D eigenvalue weighted by Crippen LogP contribution is 2.18. The minimum absolute atomic E-state index is 0. The maximum Gasteiger partial charge on any atom is 0.194 e. The van der Waals surface area contributed by atoms with Crippen molar-refractivity contribution >= 4 is 29.9 Å². The number of likely N-dealkylation sites (N-methyl/N-ethyl adjacent to an activating group) is 1. The number of rotatable bonds is 7. The number of aliphatic imine (C=N–C) groups is 1. The Morgan fingerprint density at radius 2 is 1.61 bits per heavy atom. The Morgan fingerprint density at radius 1 is 0.939 bits per heavy atom. The molecule has 1 unspecified atom stereocenters. The summed E-state index contributed by atoms with van der Waals surface area (Å²) >= 11 is 0. The smallest absolute Gasteiger partial charge is 0.194 e. The van der Waals surface area contributed by atoms with Crippen molar-refractivity contribution < 1.29 is 4.74 Å². The van der Waals surface area contributed by atoms with Crippen molar-refractivity contribution in [3.8, 4) is 0 Å². The zero-order chi connectivity index (χ0) is 22.2. The Balaban J connectivity index is 0.00000306. The summed E-state index contributed by atoms with van der Waals surface area (Å²) in [6.45, 7) is 19.0. The molecule has 0 saturated carbocycles. The lowest BCUT2D eigenvalue weighted by atomic mass is 10.1. The zero-order valence-electron chi connectivity index (χ0n) is 20.5. The van der Waals surface area contributed by atoms with Crippen molar-refractivity contribution in [1.82, 2.24) is 24.9 Å². The van der Waals surface area contributed by atoms with E-state index in [4.69, 9.17) is 9.73 Å². The molecule has 3 fully saturated rings. The van der Waals surface area contributed by atoms with E-state index in [2.05, 4.69) is 63.0 Å². The van der Waals surface area contributed by atoms with Crippen LogP contribution in [0.15, 0.2) is 29.3 Å². The third-order valence-corrected chi connectivity index (χ3v) is 7.11. The first kappa shape index (κ1) is 26.7. The minimum Gasteiger partial charge on any atom is -0.379 e. The number of hydrogen-bond acceptors (Lipinski definition) is 5. The van der Waals surface area contributed by atoms with E-state index in [0.717, 1.165) is 65.0 Å². The SMILES string of the molecule is CCNC(=NCc1ccc(CN2CCN(CC)CC2)cc1)N1CCC(N2CCOCC2)C1.I. The van der Waals surface area contributed by atoms with Crippen LogP contribution >= 0.6 is 24.0 Å². The lowest BCUT2D eigenvalue weighted by Gasteiger charge is -2.34. The molecule has 3 aliphatic heterocycles. The standard InChI is InChI=1S/C25H42N6O.HI/c1-3-26-25(31-10-9-24(21-31)30-15-17-32-18-16-30)27-19-22-5-7-23(8-6-22)20-29-13-11-28(4-2)12-14-29;/h5-8,24H,3-4,9-21H2,1-2H3,(H,26,27);1H. The summed E-state index contributed by atoms with van der Waals surface area (Å²) in [7, 11) is 0.